The van der Waals surface area contributed by atoms with Gasteiger partial charge in [0.15, 0.2) is 17.3 Å². The monoisotopic (exact) mass is 681 g/mol. The van der Waals surface area contributed by atoms with Crippen LogP contribution in [0, 0.1) is 11.3 Å². The lowest BCUT2D eigenvalue weighted by atomic mass is 9.71. The molecule has 0 atom stereocenters. The number of amides is 1. The Kier molecular flexibility index (Phi) is 9.60. The Morgan fingerprint density at radius 2 is 1.83 bits per heavy atom. The molecule has 46 heavy (non-hydrogen) atoms. The number of rotatable bonds is 11. The van der Waals surface area contributed by atoms with E-state index in [-0.39, 0.29) is 23.4 Å². The molecule has 6 rings (SSSR count). The van der Waals surface area contributed by atoms with E-state index >= 15 is 0 Å². The predicted molar refractivity (Wildman–Crippen MR) is 173 cm³/mol. The first-order valence-electron chi connectivity index (χ1n) is 16.4. The fourth-order valence-electron chi connectivity index (χ4n) is 7.34. The summed E-state index contributed by atoms with van der Waals surface area (Å²) in [5, 5.41) is 1.87. The number of hydrogen-bond acceptors (Lipinski definition) is 9. The number of carbonyl (C=O) groups excluding carboxylic acids is 1. The second-order valence-electron chi connectivity index (χ2n) is 13.7. The van der Waals surface area contributed by atoms with E-state index < -0.39 is 29.2 Å². The molecule has 11 nitrogen and oxygen atoms in total. The van der Waals surface area contributed by atoms with Crippen molar-refractivity contribution in [3.63, 3.8) is 0 Å². The molecule has 3 aliphatic heterocycles. The average Bonchev–Trinajstić information content (AvgIpc) is 3.45. The van der Waals surface area contributed by atoms with Crippen LogP contribution in [0.5, 0.6) is 11.5 Å². The fourth-order valence-corrected chi connectivity index (χ4v) is 9.63. The molecule has 1 aliphatic carbocycles. The number of anilines is 1. The van der Waals surface area contributed by atoms with Crippen LogP contribution in [-0.2, 0) is 10.2 Å². The zero-order valence-electron chi connectivity index (χ0n) is 26.8. The Labute approximate surface area is 274 Å². The van der Waals surface area contributed by atoms with Crippen molar-refractivity contribution in [2.24, 2.45) is 11.3 Å². The number of alkyl halides is 2. The molecule has 1 saturated carbocycles. The summed E-state index contributed by atoms with van der Waals surface area (Å²) in [6.07, 6.45) is 8.75. The third-order valence-corrected chi connectivity index (χ3v) is 12.5. The molecular formula is C31H45F2N7O4S2. The van der Waals surface area contributed by atoms with Crippen molar-refractivity contribution in [3.8, 4) is 11.5 Å². The van der Waals surface area contributed by atoms with Crippen molar-refractivity contribution >= 4 is 33.3 Å². The molecule has 1 N–H and O–H groups in total. The molecule has 0 unspecified atom stereocenters. The van der Waals surface area contributed by atoms with Gasteiger partial charge < -0.3 is 19.4 Å². The van der Waals surface area contributed by atoms with Crippen LogP contribution in [-0.4, -0.2) is 109 Å². The number of hydrogen-bond donors (Lipinski definition) is 1. The smallest absolute Gasteiger partial charge is 0.280 e. The van der Waals surface area contributed by atoms with Crippen LogP contribution in [0.4, 0.5) is 14.6 Å². The van der Waals surface area contributed by atoms with Crippen LogP contribution in [0.2, 0.25) is 0 Å². The number of ether oxygens (including phenoxy) is 1. The predicted octanol–water partition coefficient (Wildman–Crippen LogP) is 4.45. The number of halogens is 2. The van der Waals surface area contributed by atoms with Crippen molar-refractivity contribution in [1.82, 2.24) is 28.8 Å². The molecule has 0 bridgehead atoms. The van der Waals surface area contributed by atoms with Crippen molar-refractivity contribution in [3.05, 3.63) is 28.8 Å². The molecule has 2 aromatic rings. The molecule has 254 valence electrons. The van der Waals surface area contributed by atoms with Crippen LogP contribution in [0.15, 0.2) is 24.0 Å². The maximum atomic E-state index is 13.2. The minimum absolute atomic E-state index is 0.0370. The highest BCUT2D eigenvalue weighted by Gasteiger charge is 2.50. The molecule has 4 fully saturated rings. The van der Waals surface area contributed by atoms with Gasteiger partial charge in [-0.05, 0) is 89.7 Å². The van der Waals surface area contributed by atoms with E-state index in [1.807, 2.05) is 37.1 Å². The van der Waals surface area contributed by atoms with Gasteiger partial charge in [-0.3, -0.25) is 4.79 Å². The molecule has 1 spiro atoms. The second kappa shape index (κ2) is 13.2. The SMILES string of the molecule is CCN(C(=O)c1sccc1Oc1cncnc1N1CC2(CCN(C[C@H]3CC[C@H](NS(=O)(=O)N4CC(F)(F)C4)CC3)CC2)C1)C(C)C. The summed E-state index contributed by atoms with van der Waals surface area (Å²) in [6, 6.07) is 1.74. The van der Waals surface area contributed by atoms with Crippen LogP contribution in [0.25, 0.3) is 0 Å². The highest BCUT2D eigenvalue weighted by molar-refractivity contribution is 7.87. The largest absolute Gasteiger partial charge is 0.450 e. The molecule has 15 heteroatoms. The Bertz CT molecular complexity index is 1480. The van der Waals surface area contributed by atoms with E-state index in [0.717, 1.165) is 81.4 Å². The molecular weight excluding hydrogens is 637 g/mol. The van der Waals surface area contributed by atoms with Gasteiger partial charge in [-0.2, -0.15) is 17.4 Å². The van der Waals surface area contributed by atoms with Crippen molar-refractivity contribution in [2.45, 2.75) is 77.3 Å². The summed E-state index contributed by atoms with van der Waals surface area (Å²) in [4.78, 5) is 29.2. The molecule has 3 saturated heterocycles. The number of likely N-dealkylation sites (tertiary alicyclic amines) is 1. The normalized spacial score (nSPS) is 24.9. The van der Waals surface area contributed by atoms with Gasteiger partial charge in [0.05, 0.1) is 19.3 Å². The van der Waals surface area contributed by atoms with E-state index in [0.29, 0.717) is 28.8 Å². The summed E-state index contributed by atoms with van der Waals surface area (Å²) in [6.45, 7) is 10.0. The Hall–Kier alpha value is -2.46. The van der Waals surface area contributed by atoms with Crippen molar-refractivity contribution in [2.75, 3.05) is 57.3 Å². The number of aromatic nitrogens is 2. The second-order valence-corrected chi connectivity index (χ2v) is 16.4. The van der Waals surface area contributed by atoms with Crippen LogP contribution in [0.1, 0.15) is 69.0 Å². The Morgan fingerprint density at radius 1 is 1.13 bits per heavy atom. The number of nitrogens with one attached hydrogen (secondary N) is 1. The zero-order valence-corrected chi connectivity index (χ0v) is 28.5. The van der Waals surface area contributed by atoms with E-state index in [2.05, 4.69) is 24.5 Å². The highest BCUT2D eigenvalue weighted by atomic mass is 32.2. The van der Waals surface area contributed by atoms with E-state index in [1.165, 1.54) is 17.7 Å². The minimum atomic E-state index is -3.84. The first kappa shape index (κ1) is 33.4. The molecule has 4 aliphatic rings. The highest BCUT2D eigenvalue weighted by Crippen LogP contribution is 2.45. The minimum Gasteiger partial charge on any atom is -0.450 e. The molecule has 0 aromatic carbocycles. The van der Waals surface area contributed by atoms with Gasteiger partial charge in [-0.15, -0.1) is 11.3 Å². The number of carbonyl (C=O) groups is 1. The maximum Gasteiger partial charge on any atom is 0.280 e. The van der Waals surface area contributed by atoms with Gasteiger partial charge in [0.25, 0.3) is 22.0 Å². The maximum absolute atomic E-state index is 13.2. The van der Waals surface area contributed by atoms with E-state index in [4.69, 9.17) is 4.74 Å². The van der Waals surface area contributed by atoms with E-state index in [1.54, 1.807) is 6.20 Å². The number of thiophene rings is 1. The van der Waals surface area contributed by atoms with Gasteiger partial charge in [-0.1, -0.05) is 0 Å². The zero-order chi connectivity index (χ0) is 32.7. The lowest BCUT2D eigenvalue weighted by Gasteiger charge is -2.54. The summed E-state index contributed by atoms with van der Waals surface area (Å²) >= 11 is 1.38. The molecule has 2 aromatic heterocycles. The van der Waals surface area contributed by atoms with Gasteiger partial charge in [-0.25, -0.2) is 18.7 Å². The third kappa shape index (κ3) is 7.18. The quantitative estimate of drug-likeness (QED) is 0.371. The first-order valence-corrected chi connectivity index (χ1v) is 18.7. The molecule has 5 heterocycles. The topological polar surface area (TPSA) is 111 Å². The molecule has 0 radical (unpaired) electrons. The lowest BCUT2D eigenvalue weighted by molar-refractivity contribution is -0.0951. The summed E-state index contributed by atoms with van der Waals surface area (Å²) < 4.78 is 60.9. The third-order valence-electron chi connectivity index (χ3n) is 10.0. The first-order chi connectivity index (χ1) is 21.9. The van der Waals surface area contributed by atoms with Gasteiger partial charge in [0.1, 0.15) is 11.2 Å². The van der Waals surface area contributed by atoms with Crippen LogP contribution < -0.4 is 14.4 Å². The van der Waals surface area contributed by atoms with Gasteiger partial charge >= 0.3 is 0 Å². The molecule has 1 amide bonds. The van der Waals surface area contributed by atoms with Crippen molar-refractivity contribution in [1.29, 1.82) is 0 Å². The van der Waals surface area contributed by atoms with Gasteiger partial charge in [0, 0.05) is 43.7 Å². The van der Waals surface area contributed by atoms with E-state index in [9.17, 15) is 22.0 Å². The van der Waals surface area contributed by atoms with Crippen molar-refractivity contribution < 1.29 is 26.7 Å². The summed E-state index contributed by atoms with van der Waals surface area (Å²) in [7, 11) is -3.84. The number of nitrogens with zero attached hydrogens (tertiary/aromatic N) is 6. The van der Waals surface area contributed by atoms with Crippen LogP contribution >= 0.6 is 11.3 Å². The Balaban J connectivity index is 0.964. The fraction of sp³-hybridized carbons (Fsp3) is 0.710. The summed E-state index contributed by atoms with van der Waals surface area (Å²) in [5.74, 6) is -0.604. The summed E-state index contributed by atoms with van der Waals surface area (Å²) in [5.41, 5.74) is 0.241. The Morgan fingerprint density at radius 3 is 2.46 bits per heavy atom. The van der Waals surface area contributed by atoms with Crippen LogP contribution in [0.3, 0.4) is 0 Å². The average molecular weight is 682 g/mol. The number of piperidine rings is 1. The standard InChI is InChI=1S/C31H45F2N7O4S2/c1-4-40(22(2)3)29(41)27-25(9-14-45-27)44-26-15-34-21-35-28(26)38-17-30(18-38)10-12-37(13-11-30)16-23-5-7-24(8-6-23)36-46(42,43)39-19-31(32,33)20-39/h9,14-15,21-24,36H,4-8,10-13,16-20H2,1-3H3/t23-,24-. The van der Waals surface area contributed by atoms with Gasteiger partial charge in [0.2, 0.25) is 0 Å². The lowest BCUT2D eigenvalue weighted by Crippen LogP contribution is -2.62.